The molecule has 122 valence electrons. The van der Waals surface area contributed by atoms with Crippen LogP contribution in [0.15, 0.2) is 36.4 Å². The summed E-state index contributed by atoms with van der Waals surface area (Å²) in [6.45, 7) is 5.79. The van der Waals surface area contributed by atoms with E-state index in [0.29, 0.717) is 16.5 Å². The number of aryl methyl sites for hydroxylation is 3. The van der Waals surface area contributed by atoms with E-state index in [1.54, 1.807) is 12.1 Å². The average molecular weight is 333 g/mol. The summed E-state index contributed by atoms with van der Waals surface area (Å²) in [6.07, 6.45) is 2.11. The maximum Gasteiger partial charge on any atom is 0.349 e. The fraction of sp³-hybridized carbons (Fsp3) is 0.316. The second-order valence-electron chi connectivity index (χ2n) is 5.53. The topological polar surface area (TPSA) is 35.5 Å². The number of hydrogen-bond donors (Lipinski definition) is 0. The molecule has 0 aliphatic heterocycles. The molecule has 0 aliphatic rings. The maximum absolute atomic E-state index is 11.9. The second-order valence-corrected chi connectivity index (χ2v) is 5.91. The Kier molecular flexibility index (Phi) is 6.05. The standard InChI is InChI=1S/C19H21ClO3/c1-4-5-15-6-8-16(9-7-15)23-18(21)12-22-17-10-13(2)19(20)14(3)11-17/h6-11H,4-5,12H2,1-3H3. The van der Waals surface area contributed by atoms with Gasteiger partial charge in [-0.3, -0.25) is 0 Å². The number of hydrogen-bond acceptors (Lipinski definition) is 3. The molecule has 0 fully saturated rings. The Morgan fingerprint density at radius 2 is 1.65 bits per heavy atom. The van der Waals surface area contributed by atoms with E-state index in [1.807, 2.05) is 38.1 Å². The van der Waals surface area contributed by atoms with Crippen LogP contribution in [0, 0.1) is 13.8 Å². The van der Waals surface area contributed by atoms with Gasteiger partial charge in [-0.2, -0.15) is 0 Å². The van der Waals surface area contributed by atoms with Crippen LogP contribution in [0.1, 0.15) is 30.0 Å². The van der Waals surface area contributed by atoms with Crippen molar-refractivity contribution in [3.8, 4) is 11.5 Å². The smallest absolute Gasteiger partial charge is 0.349 e. The average Bonchev–Trinajstić information content (AvgIpc) is 2.52. The predicted octanol–water partition coefficient (Wildman–Crippen LogP) is 4.89. The number of carbonyl (C=O) groups excluding carboxylic acids is 1. The van der Waals surface area contributed by atoms with Crippen LogP contribution in [0.4, 0.5) is 0 Å². The maximum atomic E-state index is 11.9. The normalized spacial score (nSPS) is 10.4. The lowest BCUT2D eigenvalue weighted by atomic mass is 10.1. The molecule has 0 spiro atoms. The Labute approximate surface area is 142 Å². The third-order valence-corrected chi connectivity index (χ3v) is 4.06. The van der Waals surface area contributed by atoms with Crippen molar-refractivity contribution >= 4 is 17.6 Å². The zero-order chi connectivity index (χ0) is 16.8. The summed E-state index contributed by atoms with van der Waals surface area (Å²) in [7, 11) is 0. The van der Waals surface area contributed by atoms with E-state index in [0.717, 1.165) is 24.0 Å². The number of carbonyl (C=O) groups is 1. The van der Waals surface area contributed by atoms with Crippen molar-refractivity contribution in [2.24, 2.45) is 0 Å². The minimum atomic E-state index is -0.432. The molecule has 0 bridgehead atoms. The van der Waals surface area contributed by atoms with Crippen LogP contribution < -0.4 is 9.47 Å². The molecular weight excluding hydrogens is 312 g/mol. The highest BCUT2D eigenvalue weighted by molar-refractivity contribution is 6.32. The molecule has 2 rings (SSSR count). The third kappa shape index (κ3) is 5.00. The van der Waals surface area contributed by atoms with Gasteiger partial charge in [-0.25, -0.2) is 4.79 Å². The van der Waals surface area contributed by atoms with Crippen LogP contribution in [0.2, 0.25) is 5.02 Å². The summed E-state index contributed by atoms with van der Waals surface area (Å²) in [5.74, 6) is 0.708. The third-order valence-electron chi connectivity index (χ3n) is 3.46. The number of ether oxygens (including phenoxy) is 2. The zero-order valence-electron chi connectivity index (χ0n) is 13.7. The predicted molar refractivity (Wildman–Crippen MR) is 92.5 cm³/mol. The minimum Gasteiger partial charge on any atom is -0.482 e. The molecule has 0 saturated heterocycles. The van der Waals surface area contributed by atoms with Crippen molar-refractivity contribution in [3.05, 3.63) is 58.1 Å². The first-order chi connectivity index (χ1) is 11.0. The molecule has 0 aliphatic carbocycles. The zero-order valence-corrected chi connectivity index (χ0v) is 14.4. The Balaban J connectivity index is 1.90. The van der Waals surface area contributed by atoms with E-state index in [2.05, 4.69) is 6.92 Å². The molecule has 0 N–H and O–H groups in total. The van der Waals surface area contributed by atoms with Gasteiger partial charge >= 0.3 is 5.97 Å². The lowest BCUT2D eigenvalue weighted by Gasteiger charge is -2.10. The lowest BCUT2D eigenvalue weighted by Crippen LogP contribution is -2.17. The second kappa shape index (κ2) is 8.02. The Bertz CT molecular complexity index is 655. The number of benzene rings is 2. The first-order valence-electron chi connectivity index (χ1n) is 7.68. The summed E-state index contributed by atoms with van der Waals surface area (Å²) in [5.41, 5.74) is 3.07. The van der Waals surface area contributed by atoms with Crippen LogP contribution in [0.3, 0.4) is 0 Å². The van der Waals surface area contributed by atoms with Gasteiger partial charge in [0, 0.05) is 5.02 Å². The summed E-state index contributed by atoms with van der Waals surface area (Å²) < 4.78 is 10.7. The fourth-order valence-corrected chi connectivity index (χ4v) is 2.41. The van der Waals surface area contributed by atoms with E-state index in [-0.39, 0.29) is 6.61 Å². The molecule has 2 aromatic carbocycles. The van der Waals surface area contributed by atoms with Crippen molar-refractivity contribution in [2.45, 2.75) is 33.6 Å². The number of halogens is 1. The van der Waals surface area contributed by atoms with Gasteiger partial charge in [-0.1, -0.05) is 37.1 Å². The van der Waals surface area contributed by atoms with Gasteiger partial charge in [0.1, 0.15) is 11.5 Å². The van der Waals surface area contributed by atoms with E-state index in [1.165, 1.54) is 5.56 Å². The summed E-state index contributed by atoms with van der Waals surface area (Å²) >= 11 is 6.11. The van der Waals surface area contributed by atoms with Gasteiger partial charge in [0.15, 0.2) is 6.61 Å². The fourth-order valence-electron chi connectivity index (χ4n) is 2.31. The van der Waals surface area contributed by atoms with Crippen LogP contribution in [-0.2, 0) is 11.2 Å². The quantitative estimate of drug-likeness (QED) is 0.558. The molecule has 23 heavy (non-hydrogen) atoms. The largest absolute Gasteiger partial charge is 0.482 e. The van der Waals surface area contributed by atoms with Gasteiger partial charge in [0.05, 0.1) is 0 Å². The summed E-state index contributed by atoms with van der Waals surface area (Å²) in [4.78, 5) is 11.9. The molecule has 0 radical (unpaired) electrons. The monoisotopic (exact) mass is 332 g/mol. The molecule has 0 unspecified atom stereocenters. The van der Waals surface area contributed by atoms with E-state index >= 15 is 0 Å². The lowest BCUT2D eigenvalue weighted by molar-refractivity contribution is -0.136. The van der Waals surface area contributed by atoms with Crippen molar-refractivity contribution in [2.75, 3.05) is 6.61 Å². The molecule has 0 heterocycles. The van der Waals surface area contributed by atoms with Gasteiger partial charge in [-0.15, -0.1) is 0 Å². The van der Waals surface area contributed by atoms with Gasteiger partial charge in [0.25, 0.3) is 0 Å². The van der Waals surface area contributed by atoms with Crippen LogP contribution in [-0.4, -0.2) is 12.6 Å². The van der Waals surface area contributed by atoms with Crippen molar-refractivity contribution in [3.63, 3.8) is 0 Å². The van der Waals surface area contributed by atoms with Crippen molar-refractivity contribution < 1.29 is 14.3 Å². The van der Waals surface area contributed by atoms with Gasteiger partial charge in [0.2, 0.25) is 0 Å². The van der Waals surface area contributed by atoms with E-state index in [4.69, 9.17) is 21.1 Å². The highest BCUT2D eigenvalue weighted by Gasteiger charge is 2.08. The molecule has 0 atom stereocenters. The van der Waals surface area contributed by atoms with E-state index < -0.39 is 5.97 Å². The van der Waals surface area contributed by atoms with Crippen molar-refractivity contribution in [1.82, 2.24) is 0 Å². The first-order valence-corrected chi connectivity index (χ1v) is 8.06. The Morgan fingerprint density at radius 3 is 2.22 bits per heavy atom. The van der Waals surface area contributed by atoms with Gasteiger partial charge < -0.3 is 9.47 Å². The number of rotatable bonds is 6. The van der Waals surface area contributed by atoms with Crippen LogP contribution in [0.25, 0.3) is 0 Å². The molecule has 4 heteroatoms. The molecule has 2 aromatic rings. The van der Waals surface area contributed by atoms with E-state index in [9.17, 15) is 4.79 Å². The summed E-state index contributed by atoms with van der Waals surface area (Å²) in [6, 6.07) is 11.2. The molecule has 0 amide bonds. The highest BCUT2D eigenvalue weighted by Crippen LogP contribution is 2.25. The Hall–Kier alpha value is -2.00. The Morgan fingerprint density at radius 1 is 1.04 bits per heavy atom. The minimum absolute atomic E-state index is 0.142. The van der Waals surface area contributed by atoms with Crippen LogP contribution >= 0.6 is 11.6 Å². The van der Waals surface area contributed by atoms with Gasteiger partial charge in [-0.05, 0) is 61.2 Å². The van der Waals surface area contributed by atoms with Crippen LogP contribution in [0.5, 0.6) is 11.5 Å². The molecule has 3 nitrogen and oxygen atoms in total. The number of esters is 1. The molecule has 0 aromatic heterocycles. The van der Waals surface area contributed by atoms with Crippen molar-refractivity contribution in [1.29, 1.82) is 0 Å². The molecular formula is C19H21ClO3. The SMILES string of the molecule is CCCc1ccc(OC(=O)COc2cc(C)c(Cl)c(C)c2)cc1. The molecule has 0 saturated carbocycles. The summed E-state index contributed by atoms with van der Waals surface area (Å²) in [5, 5.41) is 0.715. The highest BCUT2D eigenvalue weighted by atomic mass is 35.5. The first kappa shape index (κ1) is 17.4.